The summed E-state index contributed by atoms with van der Waals surface area (Å²) in [5.74, 6) is 1.60. The zero-order valence-corrected chi connectivity index (χ0v) is 23.1. The Hall–Kier alpha value is -0.930. The molecule has 2 bridgehead atoms. The van der Waals surface area contributed by atoms with E-state index in [2.05, 4.69) is 77.2 Å². The maximum absolute atomic E-state index is 6.79. The van der Waals surface area contributed by atoms with Crippen molar-refractivity contribution in [3.8, 4) is 0 Å². The van der Waals surface area contributed by atoms with Gasteiger partial charge in [-0.15, -0.1) is 0 Å². The van der Waals surface area contributed by atoms with Gasteiger partial charge >= 0.3 is 0 Å². The molecular formula is C30H50N2S. The van der Waals surface area contributed by atoms with Crippen LogP contribution in [0.15, 0.2) is 30.3 Å². The first-order chi connectivity index (χ1) is 15.6. The Balaban J connectivity index is 1.90. The SMILES string of the molecule is CCCC1(CC)C(C)CC2(c3ccccc3)CC1CC(C)(CCC(N)C(C)(C)CNC=S)C2. The van der Waals surface area contributed by atoms with Crippen LogP contribution in [0.3, 0.4) is 0 Å². The summed E-state index contributed by atoms with van der Waals surface area (Å²) in [7, 11) is 0. The second-order valence-electron chi connectivity index (χ2n) is 12.8. The first kappa shape index (κ1) is 26.7. The summed E-state index contributed by atoms with van der Waals surface area (Å²) in [6.07, 6.45) is 11.7. The van der Waals surface area contributed by atoms with Crippen LogP contribution in [0.1, 0.15) is 105 Å². The number of thiocarbonyl (C=S) groups is 1. The molecule has 0 aliphatic heterocycles. The summed E-state index contributed by atoms with van der Waals surface area (Å²) in [6.45, 7) is 15.4. The molecule has 186 valence electrons. The van der Waals surface area contributed by atoms with Crippen molar-refractivity contribution in [2.45, 2.75) is 111 Å². The Bertz CT molecular complexity index is 773. The van der Waals surface area contributed by atoms with Crippen LogP contribution in [-0.2, 0) is 5.41 Å². The van der Waals surface area contributed by atoms with E-state index in [0.29, 0.717) is 16.2 Å². The highest BCUT2D eigenvalue weighted by molar-refractivity contribution is 7.78. The Morgan fingerprint density at radius 2 is 1.85 bits per heavy atom. The molecule has 2 nitrogen and oxygen atoms in total. The van der Waals surface area contributed by atoms with Gasteiger partial charge in [-0.3, -0.25) is 0 Å². The summed E-state index contributed by atoms with van der Waals surface area (Å²) >= 11 is 4.98. The summed E-state index contributed by atoms with van der Waals surface area (Å²) in [5.41, 5.74) is 11.2. The molecule has 0 aromatic heterocycles. The minimum absolute atomic E-state index is 0.0389. The van der Waals surface area contributed by atoms with Gasteiger partial charge in [0.1, 0.15) is 0 Å². The van der Waals surface area contributed by atoms with Gasteiger partial charge in [0.2, 0.25) is 0 Å². The molecule has 1 aromatic rings. The Labute approximate surface area is 209 Å². The predicted molar refractivity (Wildman–Crippen MR) is 148 cm³/mol. The first-order valence-electron chi connectivity index (χ1n) is 13.5. The van der Waals surface area contributed by atoms with E-state index in [4.69, 9.17) is 18.0 Å². The van der Waals surface area contributed by atoms with Crippen LogP contribution in [0.4, 0.5) is 0 Å². The van der Waals surface area contributed by atoms with Crippen LogP contribution in [0.25, 0.3) is 0 Å². The smallest absolute Gasteiger partial charge is 0.0615 e. The minimum Gasteiger partial charge on any atom is -0.382 e. The number of hydrogen-bond acceptors (Lipinski definition) is 2. The van der Waals surface area contributed by atoms with Gasteiger partial charge in [0.25, 0.3) is 0 Å². The van der Waals surface area contributed by atoms with Crippen LogP contribution in [0.5, 0.6) is 0 Å². The van der Waals surface area contributed by atoms with Crippen LogP contribution >= 0.6 is 12.2 Å². The fourth-order valence-electron chi connectivity index (χ4n) is 8.23. The fraction of sp³-hybridized carbons (Fsp3) is 0.767. The summed E-state index contributed by atoms with van der Waals surface area (Å²) < 4.78 is 0. The molecule has 0 radical (unpaired) electrons. The highest BCUT2D eigenvalue weighted by Gasteiger charge is 2.58. The molecular weight excluding hydrogens is 420 g/mol. The third-order valence-electron chi connectivity index (χ3n) is 10.1. The van der Waals surface area contributed by atoms with Crippen molar-refractivity contribution < 1.29 is 0 Å². The average Bonchev–Trinajstić information content (AvgIpc) is 2.79. The largest absolute Gasteiger partial charge is 0.382 e. The Morgan fingerprint density at radius 1 is 1.15 bits per heavy atom. The molecule has 0 saturated heterocycles. The molecule has 0 heterocycles. The molecule has 33 heavy (non-hydrogen) atoms. The first-order valence-corrected chi connectivity index (χ1v) is 14.0. The van der Waals surface area contributed by atoms with E-state index in [1.54, 1.807) is 11.1 Å². The maximum atomic E-state index is 6.79. The molecule has 6 atom stereocenters. The molecule has 2 fully saturated rings. The van der Waals surface area contributed by atoms with Crippen molar-refractivity contribution in [1.82, 2.24) is 5.32 Å². The number of nitrogens with one attached hydrogen (secondary N) is 1. The Kier molecular flexibility index (Phi) is 8.37. The van der Waals surface area contributed by atoms with Gasteiger partial charge in [-0.25, -0.2) is 0 Å². The summed E-state index contributed by atoms with van der Waals surface area (Å²) in [4.78, 5) is 0. The van der Waals surface area contributed by atoms with Gasteiger partial charge in [0, 0.05) is 12.6 Å². The minimum atomic E-state index is 0.0389. The van der Waals surface area contributed by atoms with Crippen LogP contribution in [0.2, 0.25) is 0 Å². The van der Waals surface area contributed by atoms with Crippen LogP contribution in [-0.4, -0.2) is 18.1 Å². The molecule has 1 aromatic carbocycles. The predicted octanol–water partition coefficient (Wildman–Crippen LogP) is 7.65. The highest BCUT2D eigenvalue weighted by atomic mass is 32.1. The standard InChI is InChI=1S/C30H50N2S/c1-7-15-30(8-2)23(3)17-29(24-12-10-9-11-13-24)19-25(30)18-28(6,20-29)16-14-26(31)27(4,5)21-32-22-33/h9-13,22-23,25-26H,7-8,14-21,31H2,1-6H3,(H,32,33). The van der Waals surface area contributed by atoms with Gasteiger partial charge in [-0.2, -0.15) is 0 Å². The fourth-order valence-corrected chi connectivity index (χ4v) is 8.32. The normalized spacial score (nSPS) is 35.1. The molecule has 3 rings (SSSR count). The number of fused-ring (bicyclic) bond motifs is 2. The second kappa shape index (κ2) is 10.4. The summed E-state index contributed by atoms with van der Waals surface area (Å²) in [5, 5.41) is 3.22. The van der Waals surface area contributed by atoms with Crippen LogP contribution in [0, 0.1) is 28.1 Å². The van der Waals surface area contributed by atoms with E-state index < -0.39 is 0 Å². The molecule has 2 aliphatic carbocycles. The van der Waals surface area contributed by atoms with Gasteiger partial charge in [0.15, 0.2) is 0 Å². The lowest BCUT2D eigenvalue weighted by molar-refractivity contribution is -0.0940. The van der Waals surface area contributed by atoms with E-state index in [9.17, 15) is 0 Å². The number of benzene rings is 1. The highest BCUT2D eigenvalue weighted by Crippen LogP contribution is 2.66. The van der Waals surface area contributed by atoms with E-state index >= 15 is 0 Å². The monoisotopic (exact) mass is 470 g/mol. The number of nitrogens with two attached hydrogens (primary N) is 1. The lowest BCUT2D eigenvalue weighted by atomic mass is 9.42. The van der Waals surface area contributed by atoms with Crippen molar-refractivity contribution in [3.63, 3.8) is 0 Å². The molecule has 2 aliphatic rings. The zero-order valence-electron chi connectivity index (χ0n) is 22.3. The lowest BCUT2D eigenvalue weighted by Gasteiger charge is -2.63. The van der Waals surface area contributed by atoms with Crippen molar-refractivity contribution in [2.24, 2.45) is 33.8 Å². The van der Waals surface area contributed by atoms with Gasteiger partial charge < -0.3 is 11.1 Å². The molecule has 2 saturated carbocycles. The van der Waals surface area contributed by atoms with E-state index in [1.165, 1.54) is 51.4 Å². The third kappa shape index (κ3) is 5.35. The van der Waals surface area contributed by atoms with Gasteiger partial charge in [-0.05, 0) is 90.4 Å². The third-order valence-corrected chi connectivity index (χ3v) is 10.3. The molecule has 3 N–H and O–H groups in total. The van der Waals surface area contributed by atoms with Crippen molar-refractivity contribution >= 4 is 17.7 Å². The second-order valence-corrected chi connectivity index (χ2v) is 13.0. The summed E-state index contributed by atoms with van der Waals surface area (Å²) in [6, 6.07) is 11.7. The molecule has 6 unspecified atom stereocenters. The average molecular weight is 471 g/mol. The van der Waals surface area contributed by atoms with Crippen molar-refractivity contribution in [3.05, 3.63) is 35.9 Å². The topological polar surface area (TPSA) is 38.0 Å². The molecule has 0 spiro atoms. The number of rotatable bonds is 11. The van der Waals surface area contributed by atoms with E-state index in [0.717, 1.165) is 24.8 Å². The van der Waals surface area contributed by atoms with Crippen LogP contribution < -0.4 is 11.1 Å². The van der Waals surface area contributed by atoms with Crippen molar-refractivity contribution in [2.75, 3.05) is 6.54 Å². The molecule has 0 amide bonds. The van der Waals surface area contributed by atoms with E-state index in [-0.39, 0.29) is 11.5 Å². The van der Waals surface area contributed by atoms with Gasteiger partial charge in [-0.1, -0.05) is 90.5 Å². The quantitative estimate of drug-likeness (QED) is 0.326. The zero-order chi connectivity index (χ0) is 24.3. The van der Waals surface area contributed by atoms with E-state index in [1.807, 2.05) is 0 Å². The molecule has 3 heteroatoms. The number of hydrogen-bond donors (Lipinski definition) is 2. The maximum Gasteiger partial charge on any atom is 0.0615 e. The van der Waals surface area contributed by atoms with Gasteiger partial charge in [0.05, 0.1) is 5.49 Å². The Morgan fingerprint density at radius 3 is 2.45 bits per heavy atom. The van der Waals surface area contributed by atoms with Crippen molar-refractivity contribution in [1.29, 1.82) is 0 Å². The lowest BCUT2D eigenvalue weighted by Crippen LogP contribution is -2.55.